The first-order valence-corrected chi connectivity index (χ1v) is 8.63. The van der Waals surface area contributed by atoms with Crippen LogP contribution < -0.4 is 5.32 Å². The van der Waals surface area contributed by atoms with Crippen molar-refractivity contribution in [3.63, 3.8) is 0 Å². The number of thiocarbonyl (C=S) groups is 1. The molecule has 116 valence electrons. The number of hydrogen-bond acceptors (Lipinski definition) is 4. The van der Waals surface area contributed by atoms with Gasteiger partial charge in [-0.1, -0.05) is 18.2 Å². The lowest BCUT2D eigenvalue weighted by Crippen LogP contribution is -2.49. The van der Waals surface area contributed by atoms with Crippen LogP contribution in [-0.4, -0.2) is 47.3 Å². The van der Waals surface area contributed by atoms with Gasteiger partial charge in [0.05, 0.1) is 43.5 Å². The average molecular weight is 327 g/mol. The molecule has 1 unspecified atom stereocenters. The number of benzene rings is 1. The monoisotopic (exact) mass is 327 g/mol. The number of anilines is 1. The molecule has 1 aromatic rings. The molecule has 2 rings (SSSR count). The zero-order valence-electron chi connectivity index (χ0n) is 12.6. The fourth-order valence-corrected chi connectivity index (χ4v) is 3.90. The third kappa shape index (κ3) is 4.40. The van der Waals surface area contributed by atoms with Crippen LogP contribution >= 0.6 is 24.2 Å². The third-order valence-corrected chi connectivity index (χ3v) is 5.90. The van der Waals surface area contributed by atoms with E-state index in [4.69, 9.17) is 21.7 Å². The minimum absolute atomic E-state index is 0.171. The number of nitrogens with zero attached hydrogens (tertiary/aromatic N) is 1. The highest BCUT2D eigenvalue weighted by Gasteiger charge is 2.34. The van der Waals surface area contributed by atoms with Gasteiger partial charge < -0.3 is 14.8 Å². The van der Waals surface area contributed by atoms with Crippen LogP contribution in [0.4, 0.5) is 5.69 Å². The summed E-state index contributed by atoms with van der Waals surface area (Å²) in [5, 5.41) is 4.21. The van der Waals surface area contributed by atoms with Crippen molar-refractivity contribution >= 4 is 35.0 Å². The quantitative estimate of drug-likeness (QED) is 0.492. The Kier molecular flexibility index (Phi) is 6.44. The summed E-state index contributed by atoms with van der Waals surface area (Å²) >= 11 is 7.50. The lowest BCUT2D eigenvalue weighted by Gasteiger charge is -2.34. The number of ether oxygens (including phenoxy) is 2. The van der Waals surface area contributed by atoms with E-state index < -0.39 is 0 Å². The first-order chi connectivity index (χ1) is 10.2. The van der Waals surface area contributed by atoms with Gasteiger partial charge in [-0.15, -0.1) is 0 Å². The van der Waals surface area contributed by atoms with Gasteiger partial charge in [0.2, 0.25) is 0 Å². The highest BCUT2D eigenvalue weighted by atomic mass is 32.2. The lowest BCUT2D eigenvalue weighted by molar-refractivity contribution is -0.690. The van der Waals surface area contributed by atoms with E-state index in [2.05, 4.69) is 19.2 Å². The van der Waals surface area contributed by atoms with Gasteiger partial charge in [0.25, 0.3) is 5.11 Å². The zero-order chi connectivity index (χ0) is 15.1. The van der Waals surface area contributed by atoms with Crippen LogP contribution in [0.25, 0.3) is 0 Å². The Morgan fingerprint density at radius 1 is 1.33 bits per heavy atom. The summed E-state index contributed by atoms with van der Waals surface area (Å²) in [4.78, 5) is 0. The third-order valence-electron chi connectivity index (χ3n) is 3.62. The van der Waals surface area contributed by atoms with Gasteiger partial charge in [0.1, 0.15) is 6.79 Å². The van der Waals surface area contributed by atoms with Gasteiger partial charge in [-0.3, -0.25) is 0 Å². The molecule has 6 heteroatoms. The van der Waals surface area contributed by atoms with Crippen molar-refractivity contribution in [1.29, 1.82) is 0 Å². The standard InChI is InChI=1S/C15H22N2O2S2/c1-3-17(4-2,21-11-14-10-18-12-19-14)15(20)16-13-8-6-5-7-9-13/h5-9,14H,3-4,10-12H2,1-2H3/p+1. The summed E-state index contributed by atoms with van der Waals surface area (Å²) in [5.41, 5.74) is 1.04. The smallest absolute Gasteiger partial charge is 0.286 e. The molecule has 1 heterocycles. The Hall–Kier alpha value is -0.660. The first-order valence-electron chi connectivity index (χ1n) is 7.27. The molecule has 0 aromatic heterocycles. The van der Waals surface area contributed by atoms with Gasteiger partial charge in [-0.2, -0.15) is 0 Å². The number of rotatable bonds is 6. The summed E-state index contributed by atoms with van der Waals surface area (Å²) in [6, 6.07) is 10.1. The molecule has 0 aliphatic carbocycles. The maximum Gasteiger partial charge on any atom is 0.286 e. The Labute approximate surface area is 136 Å². The Balaban J connectivity index is 1.99. The fourth-order valence-electron chi connectivity index (χ4n) is 2.19. The maximum atomic E-state index is 5.68. The minimum atomic E-state index is 0.171. The molecule has 1 aliphatic heterocycles. The molecule has 1 aliphatic rings. The SMILES string of the molecule is CC[N+](CC)(SCC1COCO1)C(=S)Nc1ccccc1. The van der Waals surface area contributed by atoms with Crippen LogP contribution in [0.2, 0.25) is 0 Å². The molecule has 21 heavy (non-hydrogen) atoms. The van der Waals surface area contributed by atoms with Crippen molar-refractivity contribution in [2.75, 3.05) is 37.6 Å². The van der Waals surface area contributed by atoms with E-state index in [1.807, 2.05) is 42.3 Å². The van der Waals surface area contributed by atoms with Crippen molar-refractivity contribution in [2.45, 2.75) is 20.0 Å². The van der Waals surface area contributed by atoms with Crippen LogP contribution in [0, 0.1) is 0 Å². The molecule has 1 saturated heterocycles. The van der Waals surface area contributed by atoms with E-state index in [-0.39, 0.29) is 6.10 Å². The van der Waals surface area contributed by atoms with E-state index >= 15 is 0 Å². The molecule has 0 radical (unpaired) electrons. The van der Waals surface area contributed by atoms with E-state index in [0.717, 1.165) is 29.6 Å². The molecule has 0 spiro atoms. The summed E-state index contributed by atoms with van der Waals surface area (Å²) in [6.07, 6.45) is 0.171. The highest BCUT2D eigenvalue weighted by molar-refractivity contribution is 7.95. The molecule has 4 nitrogen and oxygen atoms in total. The Morgan fingerprint density at radius 2 is 2.05 bits per heavy atom. The van der Waals surface area contributed by atoms with Gasteiger partial charge >= 0.3 is 0 Å². The van der Waals surface area contributed by atoms with Gasteiger partial charge in [-0.25, -0.2) is 3.89 Å². The van der Waals surface area contributed by atoms with Crippen molar-refractivity contribution < 1.29 is 13.4 Å². The Bertz CT molecular complexity index is 446. The summed E-state index contributed by atoms with van der Waals surface area (Å²) < 4.78 is 11.5. The molecule has 1 fully saturated rings. The number of para-hydroxylation sites is 1. The predicted molar refractivity (Wildman–Crippen MR) is 92.2 cm³/mol. The molecular formula is C15H23N2O2S2+. The topological polar surface area (TPSA) is 30.5 Å². The molecule has 0 bridgehead atoms. The molecule has 1 aromatic carbocycles. The van der Waals surface area contributed by atoms with Crippen molar-refractivity contribution in [3.05, 3.63) is 30.3 Å². The number of nitrogens with one attached hydrogen (secondary N) is 1. The van der Waals surface area contributed by atoms with Crippen LogP contribution in [0.15, 0.2) is 30.3 Å². The minimum Gasteiger partial charge on any atom is -0.353 e. The highest BCUT2D eigenvalue weighted by Crippen LogP contribution is 2.27. The van der Waals surface area contributed by atoms with Crippen LogP contribution in [-0.2, 0) is 9.47 Å². The zero-order valence-corrected chi connectivity index (χ0v) is 14.2. The summed E-state index contributed by atoms with van der Waals surface area (Å²) in [7, 11) is 0. The first kappa shape index (κ1) is 16.7. The second kappa shape index (κ2) is 8.10. The molecule has 1 atom stereocenters. The number of quaternary nitrogens is 1. The second-order valence-electron chi connectivity index (χ2n) is 4.89. The van der Waals surface area contributed by atoms with Gasteiger partial charge in [-0.05, 0) is 26.0 Å². The normalized spacial score (nSPS) is 18.7. The van der Waals surface area contributed by atoms with Crippen molar-refractivity contribution in [2.24, 2.45) is 0 Å². The van der Waals surface area contributed by atoms with Gasteiger partial charge in [0.15, 0.2) is 0 Å². The molecule has 0 saturated carbocycles. The van der Waals surface area contributed by atoms with Crippen LogP contribution in [0.1, 0.15) is 13.8 Å². The largest absolute Gasteiger partial charge is 0.353 e. The number of hydrogen-bond donors (Lipinski definition) is 1. The van der Waals surface area contributed by atoms with Crippen LogP contribution in [0.3, 0.4) is 0 Å². The Morgan fingerprint density at radius 3 is 2.62 bits per heavy atom. The summed E-state index contributed by atoms with van der Waals surface area (Å²) in [6.45, 7) is 7.30. The van der Waals surface area contributed by atoms with E-state index in [1.54, 1.807) is 0 Å². The summed E-state index contributed by atoms with van der Waals surface area (Å²) in [5.74, 6) is 0.887. The van der Waals surface area contributed by atoms with Crippen molar-refractivity contribution in [3.8, 4) is 0 Å². The second-order valence-corrected chi connectivity index (χ2v) is 6.57. The van der Waals surface area contributed by atoms with Gasteiger partial charge in [0, 0.05) is 17.9 Å². The van der Waals surface area contributed by atoms with E-state index in [0.29, 0.717) is 17.3 Å². The molecule has 0 amide bonds. The lowest BCUT2D eigenvalue weighted by atomic mass is 10.3. The molecular weight excluding hydrogens is 304 g/mol. The maximum absolute atomic E-state index is 5.68. The average Bonchev–Trinajstić information content (AvgIpc) is 3.03. The van der Waals surface area contributed by atoms with E-state index in [1.165, 1.54) is 0 Å². The van der Waals surface area contributed by atoms with E-state index in [9.17, 15) is 0 Å². The molecule has 1 N–H and O–H groups in total. The van der Waals surface area contributed by atoms with Crippen LogP contribution in [0.5, 0.6) is 0 Å². The fraction of sp³-hybridized carbons (Fsp3) is 0.533. The van der Waals surface area contributed by atoms with Crippen molar-refractivity contribution in [1.82, 2.24) is 0 Å². The predicted octanol–water partition coefficient (Wildman–Crippen LogP) is 3.26.